The summed E-state index contributed by atoms with van der Waals surface area (Å²) in [6.45, 7) is 8.29. The lowest BCUT2D eigenvalue weighted by molar-refractivity contribution is 0.305. The maximum Gasteiger partial charge on any atom is 0.121 e. The Morgan fingerprint density at radius 2 is 1.47 bits per heavy atom. The van der Waals surface area contributed by atoms with E-state index in [1.807, 2.05) is 70.2 Å². The minimum atomic E-state index is 0.345. The first-order chi connectivity index (χ1) is 9.16. The first-order valence-electron chi connectivity index (χ1n) is 6.64. The van der Waals surface area contributed by atoms with Crippen LogP contribution in [0.4, 0.5) is 0 Å². The summed E-state index contributed by atoms with van der Waals surface area (Å²) in [5.74, 6) is 1.14. The Hall–Kier alpha value is -1.96. The van der Waals surface area contributed by atoms with Crippen LogP contribution in [0.25, 0.3) is 0 Å². The Bertz CT molecular complexity index is 481. The maximum absolute atomic E-state index is 9.66. The van der Waals surface area contributed by atoms with Gasteiger partial charge in [0, 0.05) is 0 Å². The minimum absolute atomic E-state index is 0.345. The smallest absolute Gasteiger partial charge is 0.121 e. The van der Waals surface area contributed by atoms with E-state index in [2.05, 4.69) is 0 Å². The van der Waals surface area contributed by atoms with Gasteiger partial charge in [-0.25, -0.2) is 0 Å². The molecule has 2 nitrogen and oxygen atoms in total. The SMILES string of the molecule is CC.Cc1cc(OCc2ccccc2)cc(C)c1O. The van der Waals surface area contributed by atoms with Crippen molar-refractivity contribution in [1.29, 1.82) is 0 Å². The van der Waals surface area contributed by atoms with Gasteiger partial charge >= 0.3 is 0 Å². The molecule has 0 spiro atoms. The second-order valence-electron chi connectivity index (χ2n) is 4.18. The number of benzene rings is 2. The average Bonchev–Trinajstić information content (AvgIpc) is 2.45. The second kappa shape index (κ2) is 7.47. The lowest BCUT2D eigenvalue weighted by atomic mass is 10.1. The van der Waals surface area contributed by atoms with E-state index in [1.165, 1.54) is 0 Å². The number of hydrogen-bond acceptors (Lipinski definition) is 2. The molecule has 1 N–H and O–H groups in total. The van der Waals surface area contributed by atoms with Crippen LogP contribution in [0.5, 0.6) is 11.5 Å². The van der Waals surface area contributed by atoms with Gasteiger partial charge in [-0.2, -0.15) is 0 Å². The molecule has 0 unspecified atom stereocenters. The lowest BCUT2D eigenvalue weighted by Crippen LogP contribution is -1.96. The van der Waals surface area contributed by atoms with Crippen LogP contribution in [0.15, 0.2) is 42.5 Å². The molecule has 0 radical (unpaired) electrons. The highest BCUT2D eigenvalue weighted by Crippen LogP contribution is 2.27. The number of phenolic OH excluding ortho intramolecular Hbond substituents is 1. The Kier molecular flexibility index (Phi) is 5.94. The first-order valence-corrected chi connectivity index (χ1v) is 6.64. The third-order valence-electron chi connectivity index (χ3n) is 2.71. The van der Waals surface area contributed by atoms with Gasteiger partial charge in [0.2, 0.25) is 0 Å². The maximum atomic E-state index is 9.66. The fourth-order valence-corrected chi connectivity index (χ4v) is 1.74. The van der Waals surface area contributed by atoms with E-state index >= 15 is 0 Å². The molecule has 0 aliphatic carbocycles. The average molecular weight is 258 g/mol. The molecule has 2 rings (SSSR count). The molecule has 2 aromatic rings. The molecule has 0 saturated heterocycles. The Morgan fingerprint density at radius 1 is 0.947 bits per heavy atom. The van der Waals surface area contributed by atoms with Crippen molar-refractivity contribution in [2.75, 3.05) is 0 Å². The summed E-state index contributed by atoms with van der Waals surface area (Å²) in [5.41, 5.74) is 2.82. The second-order valence-corrected chi connectivity index (χ2v) is 4.18. The van der Waals surface area contributed by atoms with Crippen molar-refractivity contribution in [3.63, 3.8) is 0 Å². The summed E-state index contributed by atoms with van der Waals surface area (Å²) < 4.78 is 5.70. The first kappa shape index (κ1) is 15.1. The van der Waals surface area contributed by atoms with Gasteiger partial charge in [-0.1, -0.05) is 44.2 Å². The van der Waals surface area contributed by atoms with Crippen LogP contribution in [0, 0.1) is 13.8 Å². The third-order valence-corrected chi connectivity index (χ3v) is 2.71. The predicted molar refractivity (Wildman–Crippen MR) is 79.7 cm³/mol. The topological polar surface area (TPSA) is 29.5 Å². The van der Waals surface area contributed by atoms with Crippen molar-refractivity contribution in [3.8, 4) is 11.5 Å². The summed E-state index contributed by atoms with van der Waals surface area (Å²) >= 11 is 0. The van der Waals surface area contributed by atoms with Crippen LogP contribution in [0.3, 0.4) is 0 Å². The van der Waals surface area contributed by atoms with Gasteiger partial charge in [-0.15, -0.1) is 0 Å². The molecule has 0 amide bonds. The monoisotopic (exact) mass is 258 g/mol. The molecule has 0 aliphatic heterocycles. The van der Waals surface area contributed by atoms with Crippen LogP contribution in [0.2, 0.25) is 0 Å². The fourth-order valence-electron chi connectivity index (χ4n) is 1.74. The van der Waals surface area contributed by atoms with Crippen LogP contribution >= 0.6 is 0 Å². The molecule has 0 atom stereocenters. The van der Waals surface area contributed by atoms with Crippen molar-refractivity contribution in [2.45, 2.75) is 34.3 Å². The highest BCUT2D eigenvalue weighted by atomic mass is 16.5. The lowest BCUT2D eigenvalue weighted by Gasteiger charge is -2.10. The van der Waals surface area contributed by atoms with Crippen LogP contribution in [-0.2, 0) is 6.61 Å². The molecule has 0 fully saturated rings. The van der Waals surface area contributed by atoms with Gasteiger partial charge in [0.15, 0.2) is 0 Å². The summed E-state index contributed by atoms with van der Waals surface area (Å²) in [5, 5.41) is 9.66. The molecule has 0 heterocycles. The largest absolute Gasteiger partial charge is 0.507 e. The zero-order valence-electron chi connectivity index (χ0n) is 12.1. The molecular formula is C17H22O2. The summed E-state index contributed by atoms with van der Waals surface area (Å²) in [6, 6.07) is 13.7. The van der Waals surface area contributed by atoms with Crippen molar-refractivity contribution in [3.05, 3.63) is 59.2 Å². The van der Waals surface area contributed by atoms with E-state index in [0.717, 1.165) is 22.4 Å². The minimum Gasteiger partial charge on any atom is -0.507 e. The van der Waals surface area contributed by atoms with Crippen molar-refractivity contribution < 1.29 is 9.84 Å². The van der Waals surface area contributed by atoms with E-state index < -0.39 is 0 Å². The highest BCUT2D eigenvalue weighted by molar-refractivity contribution is 5.44. The molecule has 0 aromatic heterocycles. The van der Waals surface area contributed by atoms with E-state index in [0.29, 0.717) is 12.4 Å². The quantitative estimate of drug-likeness (QED) is 0.870. The molecule has 0 saturated carbocycles. The Balaban J connectivity index is 0.000000861. The third kappa shape index (κ3) is 4.32. The van der Waals surface area contributed by atoms with Crippen LogP contribution < -0.4 is 4.74 Å². The van der Waals surface area contributed by atoms with Gasteiger partial charge in [-0.05, 0) is 42.7 Å². The molecule has 2 heteroatoms. The van der Waals surface area contributed by atoms with Gasteiger partial charge in [0.05, 0.1) is 0 Å². The van der Waals surface area contributed by atoms with Crippen molar-refractivity contribution in [1.82, 2.24) is 0 Å². The van der Waals surface area contributed by atoms with Gasteiger partial charge in [0.1, 0.15) is 18.1 Å². The summed E-state index contributed by atoms with van der Waals surface area (Å²) in [4.78, 5) is 0. The van der Waals surface area contributed by atoms with E-state index in [-0.39, 0.29) is 0 Å². The highest BCUT2D eigenvalue weighted by Gasteiger charge is 2.04. The number of aromatic hydroxyl groups is 1. The number of rotatable bonds is 3. The predicted octanol–water partition coefficient (Wildman–Crippen LogP) is 4.61. The molecule has 2 aromatic carbocycles. The standard InChI is InChI=1S/C15H16O2.C2H6/c1-11-8-14(9-12(2)15(11)16)17-10-13-6-4-3-5-7-13;1-2/h3-9,16H,10H2,1-2H3;1-2H3. The molecule has 102 valence electrons. The van der Waals surface area contributed by atoms with Crippen molar-refractivity contribution >= 4 is 0 Å². The van der Waals surface area contributed by atoms with E-state index in [1.54, 1.807) is 0 Å². The van der Waals surface area contributed by atoms with Gasteiger partial charge in [0.25, 0.3) is 0 Å². The zero-order chi connectivity index (χ0) is 14.3. The van der Waals surface area contributed by atoms with E-state index in [4.69, 9.17) is 4.74 Å². The number of ether oxygens (including phenoxy) is 1. The molecule has 19 heavy (non-hydrogen) atoms. The number of phenols is 1. The molecule has 0 bridgehead atoms. The Labute approximate surface area is 115 Å². The molecule has 0 aliphatic rings. The van der Waals surface area contributed by atoms with Crippen molar-refractivity contribution in [2.24, 2.45) is 0 Å². The Morgan fingerprint density at radius 3 is 2.00 bits per heavy atom. The molecular weight excluding hydrogens is 236 g/mol. The van der Waals surface area contributed by atoms with Crippen LogP contribution in [0.1, 0.15) is 30.5 Å². The summed E-state index contributed by atoms with van der Waals surface area (Å²) in [6.07, 6.45) is 0. The normalized spacial score (nSPS) is 9.47. The van der Waals surface area contributed by atoms with Gasteiger partial charge < -0.3 is 9.84 Å². The van der Waals surface area contributed by atoms with Crippen LogP contribution in [-0.4, -0.2) is 5.11 Å². The summed E-state index contributed by atoms with van der Waals surface area (Å²) in [7, 11) is 0. The van der Waals surface area contributed by atoms with E-state index in [9.17, 15) is 5.11 Å². The van der Waals surface area contributed by atoms with Gasteiger partial charge in [-0.3, -0.25) is 0 Å². The number of aryl methyl sites for hydroxylation is 2. The zero-order valence-corrected chi connectivity index (χ0v) is 12.1. The number of hydrogen-bond donors (Lipinski definition) is 1. The fraction of sp³-hybridized carbons (Fsp3) is 0.294.